The lowest BCUT2D eigenvalue weighted by molar-refractivity contribution is -0.117. The molecule has 5 nitrogen and oxygen atoms in total. The molecular formula is C17H20N2O3. The van der Waals surface area contributed by atoms with Crippen molar-refractivity contribution in [3.05, 3.63) is 34.9 Å². The number of benzene rings is 1. The van der Waals surface area contributed by atoms with Gasteiger partial charge < -0.3 is 14.8 Å². The van der Waals surface area contributed by atoms with E-state index in [4.69, 9.17) is 9.47 Å². The van der Waals surface area contributed by atoms with Gasteiger partial charge in [-0.05, 0) is 49.1 Å². The van der Waals surface area contributed by atoms with Gasteiger partial charge in [0.05, 0.1) is 13.2 Å². The van der Waals surface area contributed by atoms with E-state index in [0.29, 0.717) is 6.54 Å². The first kappa shape index (κ1) is 16.1. The molecule has 22 heavy (non-hydrogen) atoms. The second kappa shape index (κ2) is 7.62. The maximum atomic E-state index is 12.1. The number of hydrogen-bond donors (Lipinski definition) is 1. The van der Waals surface area contributed by atoms with Crippen molar-refractivity contribution in [3.63, 3.8) is 0 Å². The first-order valence-corrected chi connectivity index (χ1v) is 7.30. The zero-order chi connectivity index (χ0) is 15.9. The number of ether oxygens (including phenoxy) is 2. The maximum Gasteiger partial charge on any atom is 0.262 e. The summed E-state index contributed by atoms with van der Waals surface area (Å²) in [6.45, 7) is 3.10. The van der Waals surface area contributed by atoms with Gasteiger partial charge in [0.25, 0.3) is 5.91 Å². The zero-order valence-corrected chi connectivity index (χ0v) is 12.9. The summed E-state index contributed by atoms with van der Waals surface area (Å²) in [6.07, 6.45) is 3.63. The van der Waals surface area contributed by atoms with Gasteiger partial charge in [-0.15, -0.1) is 0 Å². The number of carbonyl (C=O) groups excluding carboxylic acids is 1. The van der Waals surface area contributed by atoms with Crippen molar-refractivity contribution in [1.29, 1.82) is 5.26 Å². The summed E-state index contributed by atoms with van der Waals surface area (Å²) >= 11 is 0. The van der Waals surface area contributed by atoms with Crippen LogP contribution in [0.25, 0.3) is 6.08 Å². The van der Waals surface area contributed by atoms with Crippen molar-refractivity contribution in [3.8, 4) is 11.8 Å². The molecule has 1 atom stereocenters. The van der Waals surface area contributed by atoms with Crippen LogP contribution in [0.1, 0.15) is 24.0 Å². The number of amides is 1. The number of nitrogens with one attached hydrogen (secondary N) is 1. The van der Waals surface area contributed by atoms with Gasteiger partial charge in [0.15, 0.2) is 0 Å². The summed E-state index contributed by atoms with van der Waals surface area (Å²) in [5.74, 6) is 0.379. The van der Waals surface area contributed by atoms with E-state index in [9.17, 15) is 10.1 Å². The fraction of sp³-hybridized carbons (Fsp3) is 0.412. The predicted molar refractivity (Wildman–Crippen MR) is 83.3 cm³/mol. The number of aryl methyl sites for hydroxylation is 1. The zero-order valence-electron chi connectivity index (χ0n) is 12.9. The molecule has 0 aliphatic carbocycles. The Kier molecular flexibility index (Phi) is 5.56. The summed E-state index contributed by atoms with van der Waals surface area (Å²) < 4.78 is 10.6. The van der Waals surface area contributed by atoms with Crippen molar-refractivity contribution in [1.82, 2.24) is 5.32 Å². The molecule has 1 amide bonds. The number of carbonyl (C=O) groups is 1. The van der Waals surface area contributed by atoms with Gasteiger partial charge in [0, 0.05) is 13.2 Å². The predicted octanol–water partition coefficient (Wildman–Crippen LogP) is 2.21. The summed E-state index contributed by atoms with van der Waals surface area (Å²) in [4.78, 5) is 12.1. The Hall–Kier alpha value is -2.32. The van der Waals surface area contributed by atoms with E-state index in [-0.39, 0.29) is 17.6 Å². The molecule has 1 aromatic carbocycles. The summed E-state index contributed by atoms with van der Waals surface area (Å²) in [6, 6.07) is 7.46. The van der Waals surface area contributed by atoms with Crippen LogP contribution in [0.15, 0.2) is 23.8 Å². The third-order valence-electron chi connectivity index (χ3n) is 3.66. The van der Waals surface area contributed by atoms with Gasteiger partial charge >= 0.3 is 0 Å². The minimum Gasteiger partial charge on any atom is -0.497 e. The van der Waals surface area contributed by atoms with Crippen LogP contribution < -0.4 is 10.1 Å². The molecule has 1 saturated heterocycles. The highest BCUT2D eigenvalue weighted by atomic mass is 16.5. The Bertz CT molecular complexity index is 611. The average Bonchev–Trinajstić information content (AvgIpc) is 3.04. The van der Waals surface area contributed by atoms with E-state index in [0.717, 1.165) is 36.3 Å². The third kappa shape index (κ3) is 4.09. The number of rotatable bonds is 5. The second-order valence-electron chi connectivity index (χ2n) is 5.24. The topological polar surface area (TPSA) is 71.3 Å². The van der Waals surface area contributed by atoms with E-state index in [1.165, 1.54) is 0 Å². The van der Waals surface area contributed by atoms with Crippen molar-refractivity contribution in [2.75, 3.05) is 20.3 Å². The Labute approximate surface area is 130 Å². The Morgan fingerprint density at radius 2 is 2.41 bits per heavy atom. The minimum absolute atomic E-state index is 0.0617. The van der Waals surface area contributed by atoms with Gasteiger partial charge in [0.1, 0.15) is 17.4 Å². The summed E-state index contributed by atoms with van der Waals surface area (Å²) in [5.41, 5.74) is 1.86. The van der Waals surface area contributed by atoms with Crippen LogP contribution in [0.2, 0.25) is 0 Å². The summed E-state index contributed by atoms with van der Waals surface area (Å²) in [7, 11) is 1.60. The number of methoxy groups -OCH3 is 1. The molecule has 1 unspecified atom stereocenters. The molecule has 0 aromatic heterocycles. The van der Waals surface area contributed by atoms with E-state index in [2.05, 4.69) is 5.32 Å². The smallest absolute Gasteiger partial charge is 0.262 e. The van der Waals surface area contributed by atoms with Gasteiger partial charge in [0.2, 0.25) is 0 Å². The van der Waals surface area contributed by atoms with E-state index in [1.807, 2.05) is 25.1 Å². The van der Waals surface area contributed by atoms with Gasteiger partial charge in [-0.25, -0.2) is 0 Å². The molecule has 0 spiro atoms. The molecule has 1 aliphatic rings. The van der Waals surface area contributed by atoms with Gasteiger partial charge in [-0.2, -0.15) is 5.26 Å². The number of nitriles is 1. The lowest BCUT2D eigenvalue weighted by Gasteiger charge is -2.10. The molecule has 116 valence electrons. The Morgan fingerprint density at radius 1 is 1.59 bits per heavy atom. The highest BCUT2D eigenvalue weighted by Gasteiger charge is 2.17. The normalized spacial score (nSPS) is 17.9. The van der Waals surface area contributed by atoms with Crippen LogP contribution in [0.3, 0.4) is 0 Å². The SMILES string of the molecule is COc1ccc(/C=C(\C#N)C(=O)NCC2CCCO2)c(C)c1. The van der Waals surface area contributed by atoms with Crippen LogP contribution >= 0.6 is 0 Å². The number of nitrogens with zero attached hydrogens (tertiary/aromatic N) is 1. The van der Waals surface area contributed by atoms with Crippen LogP contribution in [0.5, 0.6) is 5.75 Å². The molecule has 1 N–H and O–H groups in total. The fourth-order valence-electron chi connectivity index (χ4n) is 2.35. The molecule has 5 heteroatoms. The van der Waals surface area contributed by atoms with Gasteiger partial charge in [-0.1, -0.05) is 6.07 Å². The largest absolute Gasteiger partial charge is 0.497 e. The monoisotopic (exact) mass is 300 g/mol. The van der Waals surface area contributed by atoms with Gasteiger partial charge in [-0.3, -0.25) is 4.79 Å². The molecule has 0 saturated carbocycles. The molecule has 1 fully saturated rings. The standard InChI is InChI=1S/C17H20N2O3/c1-12-8-15(21-2)6-5-13(12)9-14(10-18)17(20)19-11-16-4-3-7-22-16/h5-6,8-9,16H,3-4,7,11H2,1-2H3,(H,19,20)/b14-9+. The first-order chi connectivity index (χ1) is 10.6. The van der Waals surface area contributed by atoms with Crippen LogP contribution in [-0.4, -0.2) is 32.3 Å². The van der Waals surface area contributed by atoms with Crippen molar-refractivity contribution >= 4 is 12.0 Å². The molecular weight excluding hydrogens is 280 g/mol. The average molecular weight is 300 g/mol. The lowest BCUT2D eigenvalue weighted by Crippen LogP contribution is -2.32. The lowest BCUT2D eigenvalue weighted by atomic mass is 10.1. The molecule has 0 radical (unpaired) electrons. The quantitative estimate of drug-likeness (QED) is 0.668. The third-order valence-corrected chi connectivity index (χ3v) is 3.66. The van der Waals surface area contributed by atoms with Crippen LogP contribution in [0, 0.1) is 18.3 Å². The number of hydrogen-bond acceptors (Lipinski definition) is 4. The Balaban J connectivity index is 2.06. The first-order valence-electron chi connectivity index (χ1n) is 7.30. The molecule has 1 heterocycles. The molecule has 1 aliphatic heterocycles. The van der Waals surface area contributed by atoms with Crippen LogP contribution in [0.4, 0.5) is 0 Å². The second-order valence-corrected chi connectivity index (χ2v) is 5.24. The molecule has 2 rings (SSSR count). The minimum atomic E-state index is -0.367. The van der Waals surface area contributed by atoms with Crippen molar-refractivity contribution < 1.29 is 14.3 Å². The highest BCUT2D eigenvalue weighted by molar-refractivity contribution is 6.01. The molecule has 1 aromatic rings. The van der Waals surface area contributed by atoms with Crippen molar-refractivity contribution in [2.45, 2.75) is 25.9 Å². The van der Waals surface area contributed by atoms with E-state index < -0.39 is 0 Å². The van der Waals surface area contributed by atoms with E-state index in [1.54, 1.807) is 19.3 Å². The van der Waals surface area contributed by atoms with Crippen molar-refractivity contribution in [2.24, 2.45) is 0 Å². The fourth-order valence-corrected chi connectivity index (χ4v) is 2.35. The Morgan fingerprint density at radius 3 is 3.00 bits per heavy atom. The van der Waals surface area contributed by atoms with E-state index >= 15 is 0 Å². The summed E-state index contributed by atoms with van der Waals surface area (Å²) in [5, 5.41) is 12.0. The molecule has 0 bridgehead atoms. The highest BCUT2D eigenvalue weighted by Crippen LogP contribution is 2.19. The van der Waals surface area contributed by atoms with Crippen LogP contribution in [-0.2, 0) is 9.53 Å². The maximum absolute atomic E-state index is 12.1.